The van der Waals surface area contributed by atoms with Crippen molar-refractivity contribution in [2.45, 2.75) is 13.0 Å². The summed E-state index contributed by atoms with van der Waals surface area (Å²) < 4.78 is 5.49. The number of anilines is 1. The fourth-order valence-electron chi connectivity index (χ4n) is 3.57. The average molecular weight is 400 g/mol. The zero-order chi connectivity index (χ0) is 20.8. The van der Waals surface area contributed by atoms with Gasteiger partial charge in [0, 0.05) is 13.1 Å². The highest BCUT2D eigenvalue weighted by molar-refractivity contribution is 6.02. The summed E-state index contributed by atoms with van der Waals surface area (Å²) in [6.07, 6.45) is 0.757. The summed E-state index contributed by atoms with van der Waals surface area (Å²) in [5.74, 6) is 0.341. The van der Waals surface area contributed by atoms with Crippen molar-refractivity contribution in [3.05, 3.63) is 96.1 Å². The molecule has 152 valence electrons. The van der Waals surface area contributed by atoms with Gasteiger partial charge in [0.15, 0.2) is 6.61 Å². The second-order valence-electron chi connectivity index (χ2n) is 7.27. The molecule has 0 fully saturated rings. The summed E-state index contributed by atoms with van der Waals surface area (Å²) in [5.41, 5.74) is 2.88. The highest BCUT2D eigenvalue weighted by atomic mass is 16.5. The Morgan fingerprint density at radius 2 is 1.50 bits per heavy atom. The van der Waals surface area contributed by atoms with Crippen LogP contribution in [0.1, 0.15) is 11.1 Å². The number of fused-ring (bicyclic) bond motifs is 1. The van der Waals surface area contributed by atoms with Crippen LogP contribution in [0.5, 0.6) is 5.75 Å². The maximum absolute atomic E-state index is 13.3. The van der Waals surface area contributed by atoms with Gasteiger partial charge in [0.05, 0.1) is 5.69 Å². The lowest BCUT2D eigenvalue weighted by atomic mass is 10.1. The van der Waals surface area contributed by atoms with Crippen LogP contribution in [0.15, 0.2) is 84.9 Å². The number of hydrogen-bond acceptors (Lipinski definition) is 3. The number of amides is 2. The van der Waals surface area contributed by atoms with E-state index in [1.165, 1.54) is 10.5 Å². The molecule has 0 spiro atoms. The second kappa shape index (κ2) is 9.27. The van der Waals surface area contributed by atoms with E-state index in [4.69, 9.17) is 4.74 Å². The van der Waals surface area contributed by atoms with Crippen molar-refractivity contribution >= 4 is 17.5 Å². The van der Waals surface area contributed by atoms with E-state index in [1.54, 1.807) is 0 Å². The molecule has 0 bridgehead atoms. The Morgan fingerprint density at radius 1 is 0.867 bits per heavy atom. The molecule has 2 amide bonds. The van der Waals surface area contributed by atoms with Crippen LogP contribution in [0, 0.1) is 0 Å². The molecule has 0 aliphatic carbocycles. The van der Waals surface area contributed by atoms with Crippen LogP contribution in [0.2, 0.25) is 0 Å². The number of nitrogens with zero attached hydrogens (tertiary/aromatic N) is 2. The van der Waals surface area contributed by atoms with Crippen LogP contribution in [-0.4, -0.2) is 36.4 Å². The number of benzene rings is 3. The Morgan fingerprint density at radius 3 is 2.23 bits per heavy atom. The van der Waals surface area contributed by atoms with E-state index < -0.39 is 0 Å². The predicted octanol–water partition coefficient (Wildman–Crippen LogP) is 3.68. The summed E-state index contributed by atoms with van der Waals surface area (Å²) in [6, 6.07) is 27.4. The van der Waals surface area contributed by atoms with E-state index in [1.807, 2.05) is 77.7 Å². The van der Waals surface area contributed by atoms with Crippen LogP contribution in [0.4, 0.5) is 5.69 Å². The minimum atomic E-state index is -0.204. The molecule has 0 unspecified atom stereocenters. The van der Waals surface area contributed by atoms with Crippen molar-refractivity contribution in [2.24, 2.45) is 0 Å². The van der Waals surface area contributed by atoms with Gasteiger partial charge < -0.3 is 9.64 Å². The van der Waals surface area contributed by atoms with Gasteiger partial charge in [0.25, 0.3) is 5.91 Å². The van der Waals surface area contributed by atoms with Crippen LogP contribution >= 0.6 is 0 Å². The molecule has 0 saturated carbocycles. The molecule has 5 nitrogen and oxygen atoms in total. The lowest BCUT2D eigenvalue weighted by Gasteiger charge is -2.31. The maximum atomic E-state index is 13.3. The summed E-state index contributed by atoms with van der Waals surface area (Å²) in [7, 11) is 0. The first-order valence-electron chi connectivity index (χ1n) is 10.1. The zero-order valence-electron chi connectivity index (χ0n) is 16.7. The number of carbonyl (C=O) groups is 2. The number of rotatable bonds is 7. The van der Waals surface area contributed by atoms with Gasteiger partial charge in [-0.05, 0) is 29.7 Å². The topological polar surface area (TPSA) is 49.9 Å². The summed E-state index contributed by atoms with van der Waals surface area (Å²) in [5, 5.41) is 0. The first-order valence-corrected chi connectivity index (χ1v) is 10.1. The molecule has 1 aliphatic heterocycles. The molecule has 3 aromatic rings. The molecule has 4 rings (SSSR count). The van der Waals surface area contributed by atoms with Gasteiger partial charge in [-0.15, -0.1) is 0 Å². The van der Waals surface area contributed by atoms with E-state index in [2.05, 4.69) is 12.1 Å². The minimum Gasteiger partial charge on any atom is -0.482 e. The number of carbonyl (C=O) groups excluding carboxylic acids is 2. The van der Waals surface area contributed by atoms with Gasteiger partial charge in [-0.1, -0.05) is 72.8 Å². The van der Waals surface area contributed by atoms with Crippen molar-refractivity contribution in [1.29, 1.82) is 0 Å². The smallest absolute Gasteiger partial charge is 0.265 e. The van der Waals surface area contributed by atoms with Crippen LogP contribution in [0.25, 0.3) is 0 Å². The monoisotopic (exact) mass is 400 g/mol. The molecule has 1 aliphatic rings. The van der Waals surface area contributed by atoms with Gasteiger partial charge in [-0.3, -0.25) is 14.5 Å². The Hall–Kier alpha value is -3.60. The van der Waals surface area contributed by atoms with Crippen LogP contribution in [0.3, 0.4) is 0 Å². The molecule has 30 heavy (non-hydrogen) atoms. The Labute approximate surface area is 176 Å². The fraction of sp³-hybridized carbons (Fsp3) is 0.200. The highest BCUT2D eigenvalue weighted by Gasteiger charge is 2.28. The Bertz CT molecular complexity index is 1010. The van der Waals surface area contributed by atoms with Crippen LogP contribution in [-0.2, 0) is 22.6 Å². The van der Waals surface area contributed by atoms with Crippen molar-refractivity contribution in [3.63, 3.8) is 0 Å². The van der Waals surface area contributed by atoms with E-state index in [0.29, 0.717) is 24.5 Å². The third-order valence-electron chi connectivity index (χ3n) is 5.18. The van der Waals surface area contributed by atoms with Crippen molar-refractivity contribution in [3.8, 4) is 5.75 Å². The van der Waals surface area contributed by atoms with Crippen LogP contribution < -0.4 is 9.64 Å². The van der Waals surface area contributed by atoms with Crippen molar-refractivity contribution < 1.29 is 14.3 Å². The molecule has 0 saturated heterocycles. The third kappa shape index (κ3) is 4.69. The molecule has 0 N–H and O–H groups in total. The molecular formula is C25H24N2O3. The van der Waals surface area contributed by atoms with Crippen molar-refractivity contribution in [1.82, 2.24) is 4.90 Å². The Kier molecular flexibility index (Phi) is 6.09. The van der Waals surface area contributed by atoms with Gasteiger partial charge in [0.1, 0.15) is 12.3 Å². The molecular weight excluding hydrogens is 376 g/mol. The molecule has 0 radical (unpaired) electrons. The molecule has 1 heterocycles. The Balaban J connectivity index is 1.52. The lowest BCUT2D eigenvalue weighted by Crippen LogP contribution is -2.46. The van der Waals surface area contributed by atoms with Crippen molar-refractivity contribution in [2.75, 3.05) is 24.6 Å². The average Bonchev–Trinajstić information content (AvgIpc) is 2.80. The SMILES string of the molecule is O=C(CN1C(=O)COc2ccccc21)N(CCc1ccccc1)Cc1ccccc1. The van der Waals surface area contributed by atoms with Gasteiger partial charge in [-0.2, -0.15) is 0 Å². The standard InChI is InChI=1S/C25H24N2O3/c28-24(18-27-22-13-7-8-14-23(22)30-19-25(27)29)26(17-21-11-5-2-6-12-21)16-15-20-9-3-1-4-10-20/h1-14H,15-19H2. The van der Waals surface area contributed by atoms with Gasteiger partial charge >= 0.3 is 0 Å². The molecule has 5 heteroatoms. The molecule has 0 aromatic heterocycles. The van der Waals surface area contributed by atoms with E-state index in [9.17, 15) is 9.59 Å². The zero-order valence-corrected chi connectivity index (χ0v) is 16.7. The number of hydrogen-bond donors (Lipinski definition) is 0. The summed E-state index contributed by atoms with van der Waals surface area (Å²) >= 11 is 0. The van der Waals surface area contributed by atoms with E-state index >= 15 is 0 Å². The second-order valence-corrected chi connectivity index (χ2v) is 7.27. The van der Waals surface area contributed by atoms with E-state index in [-0.39, 0.29) is 25.0 Å². The number of para-hydroxylation sites is 2. The molecule has 0 atom stereocenters. The van der Waals surface area contributed by atoms with Gasteiger partial charge in [-0.25, -0.2) is 0 Å². The van der Waals surface area contributed by atoms with E-state index in [0.717, 1.165) is 12.0 Å². The lowest BCUT2D eigenvalue weighted by molar-refractivity contribution is -0.132. The molecule has 3 aromatic carbocycles. The largest absolute Gasteiger partial charge is 0.482 e. The first kappa shape index (κ1) is 19.7. The maximum Gasteiger partial charge on any atom is 0.265 e. The summed E-state index contributed by atoms with van der Waals surface area (Å²) in [4.78, 5) is 29.1. The highest BCUT2D eigenvalue weighted by Crippen LogP contribution is 2.31. The number of ether oxygens (including phenoxy) is 1. The third-order valence-corrected chi connectivity index (χ3v) is 5.18. The first-order chi connectivity index (χ1) is 14.7. The summed E-state index contributed by atoms with van der Waals surface area (Å²) in [6.45, 7) is 1.04. The predicted molar refractivity (Wildman–Crippen MR) is 116 cm³/mol. The normalized spacial score (nSPS) is 12.8. The quantitative estimate of drug-likeness (QED) is 0.608. The van der Waals surface area contributed by atoms with Gasteiger partial charge in [0.2, 0.25) is 5.91 Å². The fourth-order valence-corrected chi connectivity index (χ4v) is 3.57. The minimum absolute atomic E-state index is 0.000823.